The number of aromatic nitrogens is 2. The summed E-state index contributed by atoms with van der Waals surface area (Å²) in [4.78, 5) is 13.4. The molecule has 4 rings (SSSR count). The Hall–Kier alpha value is -3.28. The number of carbonyl (C=O) groups is 1. The number of carboxylic acids is 1. The molecule has 6 nitrogen and oxygen atoms in total. The number of rotatable bonds is 4. The largest absolute Gasteiger partial charge is 0.478 e. The molecule has 0 atom stereocenters. The van der Waals surface area contributed by atoms with Crippen molar-refractivity contribution < 1.29 is 9.90 Å². The molecular formula is C20H20N4O2. The number of hydrogen-bond donors (Lipinski definition) is 2. The molecule has 1 aromatic heterocycles. The molecule has 0 saturated carbocycles. The predicted molar refractivity (Wildman–Crippen MR) is 102 cm³/mol. The van der Waals surface area contributed by atoms with Crippen molar-refractivity contribution in [1.82, 2.24) is 9.78 Å². The van der Waals surface area contributed by atoms with E-state index in [1.807, 2.05) is 30.9 Å². The van der Waals surface area contributed by atoms with Gasteiger partial charge in [0.25, 0.3) is 0 Å². The van der Waals surface area contributed by atoms with E-state index in [-0.39, 0.29) is 5.56 Å². The summed E-state index contributed by atoms with van der Waals surface area (Å²) >= 11 is 0. The van der Waals surface area contributed by atoms with E-state index in [0.717, 1.165) is 41.4 Å². The molecule has 2 N–H and O–H groups in total. The molecule has 0 amide bonds. The van der Waals surface area contributed by atoms with Crippen LogP contribution in [0.25, 0.3) is 16.9 Å². The Morgan fingerprint density at radius 1 is 1.19 bits per heavy atom. The van der Waals surface area contributed by atoms with Crippen LogP contribution in [0.15, 0.2) is 48.5 Å². The van der Waals surface area contributed by atoms with Crippen LogP contribution >= 0.6 is 0 Å². The predicted octanol–water partition coefficient (Wildman–Crippen LogP) is 3.27. The number of hydrogen-bond acceptors (Lipinski definition) is 4. The first kappa shape index (κ1) is 16.2. The van der Waals surface area contributed by atoms with E-state index in [4.69, 9.17) is 5.10 Å². The first-order valence-corrected chi connectivity index (χ1v) is 8.52. The van der Waals surface area contributed by atoms with E-state index in [2.05, 4.69) is 28.4 Å². The molecule has 1 aliphatic rings. The summed E-state index contributed by atoms with van der Waals surface area (Å²) in [5.41, 5.74) is 5.27. The van der Waals surface area contributed by atoms with Crippen molar-refractivity contribution in [2.75, 3.05) is 30.9 Å². The lowest BCUT2D eigenvalue weighted by atomic mass is 10.1. The van der Waals surface area contributed by atoms with Crippen LogP contribution in [0.1, 0.15) is 15.9 Å². The average Bonchev–Trinajstić information content (AvgIpc) is 3.24. The third-order valence-electron chi connectivity index (χ3n) is 4.62. The Morgan fingerprint density at radius 3 is 2.77 bits per heavy atom. The summed E-state index contributed by atoms with van der Waals surface area (Å²) in [7, 11) is 4.03. The Labute approximate surface area is 151 Å². The molecule has 0 unspecified atom stereocenters. The van der Waals surface area contributed by atoms with Crippen molar-refractivity contribution in [3.05, 3.63) is 59.7 Å². The van der Waals surface area contributed by atoms with Crippen molar-refractivity contribution in [1.29, 1.82) is 0 Å². The van der Waals surface area contributed by atoms with Gasteiger partial charge in [-0.15, -0.1) is 0 Å². The van der Waals surface area contributed by atoms with Crippen LogP contribution in [0.2, 0.25) is 0 Å². The highest BCUT2D eigenvalue weighted by molar-refractivity contribution is 5.88. The highest BCUT2D eigenvalue weighted by Crippen LogP contribution is 2.35. The number of benzene rings is 2. The van der Waals surface area contributed by atoms with Gasteiger partial charge in [-0.25, -0.2) is 9.48 Å². The molecule has 0 aliphatic carbocycles. The number of nitrogens with one attached hydrogen (secondary N) is 1. The number of fused-ring (bicyclic) bond motifs is 1. The van der Waals surface area contributed by atoms with Gasteiger partial charge in [0.05, 0.1) is 16.9 Å². The zero-order valence-corrected chi connectivity index (χ0v) is 14.7. The van der Waals surface area contributed by atoms with Crippen LogP contribution in [-0.2, 0) is 6.42 Å². The Morgan fingerprint density at radius 2 is 2.00 bits per heavy atom. The number of carboxylic acid groups (broad SMARTS) is 1. The van der Waals surface area contributed by atoms with Crippen LogP contribution in [-0.4, -0.2) is 41.5 Å². The number of nitrogens with zero attached hydrogens (tertiary/aromatic N) is 3. The van der Waals surface area contributed by atoms with Crippen molar-refractivity contribution in [3.63, 3.8) is 0 Å². The summed E-state index contributed by atoms with van der Waals surface area (Å²) in [6.07, 6.45) is 0.898. The second kappa shape index (κ2) is 6.22. The van der Waals surface area contributed by atoms with Crippen molar-refractivity contribution >= 4 is 17.5 Å². The van der Waals surface area contributed by atoms with Crippen LogP contribution < -0.4 is 10.2 Å². The quantitative estimate of drug-likeness (QED) is 0.757. The average molecular weight is 348 g/mol. The fourth-order valence-corrected chi connectivity index (χ4v) is 3.30. The number of anilines is 2. The minimum absolute atomic E-state index is 0.251. The second-order valence-corrected chi connectivity index (χ2v) is 6.56. The maximum Gasteiger partial charge on any atom is 0.335 e. The van der Waals surface area contributed by atoms with Crippen molar-refractivity contribution in [3.8, 4) is 16.9 Å². The van der Waals surface area contributed by atoms with Crippen molar-refractivity contribution in [2.45, 2.75) is 6.42 Å². The molecule has 0 radical (unpaired) electrons. The smallest absolute Gasteiger partial charge is 0.335 e. The van der Waals surface area contributed by atoms with Gasteiger partial charge in [0.1, 0.15) is 5.82 Å². The fourth-order valence-electron chi connectivity index (χ4n) is 3.30. The molecule has 3 aromatic rings. The van der Waals surface area contributed by atoms with Gasteiger partial charge in [-0.3, -0.25) is 0 Å². The lowest BCUT2D eigenvalue weighted by Gasteiger charge is -2.13. The lowest BCUT2D eigenvalue weighted by molar-refractivity contribution is 0.0697. The summed E-state index contributed by atoms with van der Waals surface area (Å²) in [5, 5.41) is 17.5. The zero-order chi connectivity index (χ0) is 18.3. The molecular weight excluding hydrogens is 328 g/mol. The molecule has 0 spiro atoms. The van der Waals surface area contributed by atoms with Crippen LogP contribution in [0.3, 0.4) is 0 Å². The highest BCUT2D eigenvalue weighted by atomic mass is 16.4. The van der Waals surface area contributed by atoms with Crippen LogP contribution in [0, 0.1) is 0 Å². The van der Waals surface area contributed by atoms with E-state index in [1.54, 1.807) is 18.2 Å². The fraction of sp³-hybridized carbons (Fsp3) is 0.200. The SMILES string of the molecule is CN(C)c1cccc(-c2nn(-c3cccc(C(=O)O)c3)c3c2CCN3)c1. The van der Waals surface area contributed by atoms with E-state index >= 15 is 0 Å². The van der Waals surface area contributed by atoms with Gasteiger partial charge in [-0.1, -0.05) is 18.2 Å². The molecule has 0 bridgehead atoms. The summed E-state index contributed by atoms with van der Waals surface area (Å²) in [5.74, 6) is 0.000290. The third-order valence-corrected chi connectivity index (χ3v) is 4.62. The minimum Gasteiger partial charge on any atom is -0.478 e. The lowest BCUT2D eigenvalue weighted by Crippen LogP contribution is -2.08. The van der Waals surface area contributed by atoms with Gasteiger partial charge in [0.2, 0.25) is 0 Å². The van der Waals surface area contributed by atoms with E-state index in [0.29, 0.717) is 0 Å². The molecule has 2 aromatic carbocycles. The van der Waals surface area contributed by atoms with E-state index in [1.165, 1.54) is 5.56 Å². The topological polar surface area (TPSA) is 70.4 Å². The van der Waals surface area contributed by atoms with Crippen LogP contribution in [0.5, 0.6) is 0 Å². The zero-order valence-electron chi connectivity index (χ0n) is 14.7. The van der Waals surface area contributed by atoms with Gasteiger partial charge in [-0.2, -0.15) is 5.10 Å². The van der Waals surface area contributed by atoms with Gasteiger partial charge >= 0.3 is 5.97 Å². The maximum absolute atomic E-state index is 11.3. The van der Waals surface area contributed by atoms with Crippen molar-refractivity contribution in [2.24, 2.45) is 0 Å². The Balaban J connectivity index is 1.85. The van der Waals surface area contributed by atoms with Gasteiger partial charge < -0.3 is 15.3 Å². The molecule has 132 valence electrons. The number of aromatic carboxylic acids is 1. The maximum atomic E-state index is 11.3. The molecule has 0 saturated heterocycles. The Kier molecular flexibility index (Phi) is 3.88. The third kappa shape index (κ3) is 2.69. The first-order valence-electron chi connectivity index (χ1n) is 8.52. The molecule has 2 heterocycles. The van der Waals surface area contributed by atoms with E-state index < -0.39 is 5.97 Å². The molecule has 1 aliphatic heterocycles. The molecule has 26 heavy (non-hydrogen) atoms. The molecule has 6 heteroatoms. The first-order chi connectivity index (χ1) is 12.5. The standard InChI is InChI=1S/C20H20N4O2/c1-23(2)15-7-3-5-13(11-15)18-17-9-10-21-19(17)24(22-18)16-8-4-6-14(12-16)20(25)26/h3-8,11-12,21H,9-10H2,1-2H3,(H,25,26). The Bertz CT molecular complexity index is 991. The van der Waals surface area contributed by atoms with Gasteiger partial charge in [0, 0.05) is 37.5 Å². The normalized spacial score (nSPS) is 12.5. The monoisotopic (exact) mass is 348 g/mol. The van der Waals surface area contributed by atoms with E-state index in [9.17, 15) is 9.90 Å². The van der Waals surface area contributed by atoms with Gasteiger partial charge in [-0.05, 0) is 36.8 Å². The molecule has 0 fully saturated rings. The van der Waals surface area contributed by atoms with Crippen LogP contribution in [0.4, 0.5) is 11.5 Å². The summed E-state index contributed by atoms with van der Waals surface area (Å²) in [6.45, 7) is 0.853. The minimum atomic E-state index is -0.942. The second-order valence-electron chi connectivity index (χ2n) is 6.56. The summed E-state index contributed by atoms with van der Waals surface area (Å²) in [6, 6.07) is 15.1. The summed E-state index contributed by atoms with van der Waals surface area (Å²) < 4.78 is 1.81. The van der Waals surface area contributed by atoms with Gasteiger partial charge in [0.15, 0.2) is 0 Å². The highest BCUT2D eigenvalue weighted by Gasteiger charge is 2.24.